The maximum atomic E-state index is 10.7. The van der Waals surface area contributed by atoms with E-state index in [0.29, 0.717) is 11.5 Å². The van der Waals surface area contributed by atoms with Crippen molar-refractivity contribution >= 4 is 11.9 Å². The largest absolute Gasteiger partial charge is 0.481 e. The van der Waals surface area contributed by atoms with Gasteiger partial charge in [-0.25, -0.2) is 9.97 Å². The smallest absolute Gasteiger partial charge is 0.312 e. The van der Waals surface area contributed by atoms with Crippen molar-refractivity contribution in [3.63, 3.8) is 0 Å². The number of nitrogens with zero attached hydrogens (tertiary/aromatic N) is 4. The molecule has 1 unspecified atom stereocenters. The molecule has 0 saturated carbocycles. The number of aromatic nitrogens is 4. The monoisotopic (exact) mass is 361 g/mol. The Kier molecular flexibility index (Phi) is 4.26. The molecule has 27 heavy (non-hydrogen) atoms. The molecule has 0 saturated heterocycles. The highest BCUT2D eigenvalue weighted by molar-refractivity contribution is 5.68. The minimum Gasteiger partial charge on any atom is -0.481 e. The zero-order valence-corrected chi connectivity index (χ0v) is 14.2. The first-order chi connectivity index (χ1) is 13.1. The quantitative estimate of drug-likeness (QED) is 0.660. The van der Waals surface area contributed by atoms with Crippen molar-refractivity contribution in [3.05, 3.63) is 53.2 Å². The molecule has 1 aliphatic rings. The maximum absolute atomic E-state index is 10.7. The molecule has 0 radical (unpaired) electrons. The molecule has 8 heteroatoms. The fourth-order valence-electron chi connectivity index (χ4n) is 3.08. The second-order valence-corrected chi connectivity index (χ2v) is 6.24. The molecule has 8 nitrogen and oxygen atoms in total. The number of terminal acetylenes is 1. The summed E-state index contributed by atoms with van der Waals surface area (Å²) >= 11 is 0. The topological polar surface area (TPSA) is 114 Å². The van der Waals surface area contributed by atoms with Crippen LogP contribution < -0.4 is 5.32 Å². The number of fused-ring (bicyclic) bond motifs is 1. The third-order valence-corrected chi connectivity index (χ3v) is 4.31. The van der Waals surface area contributed by atoms with Crippen molar-refractivity contribution in [1.29, 1.82) is 0 Å². The van der Waals surface area contributed by atoms with E-state index in [1.54, 1.807) is 12.4 Å². The number of rotatable bonds is 5. The predicted molar refractivity (Wildman–Crippen MR) is 95.9 cm³/mol. The van der Waals surface area contributed by atoms with Gasteiger partial charge in [0.15, 0.2) is 0 Å². The fraction of sp³-hybridized carbons (Fsp3) is 0.211. The third kappa shape index (κ3) is 3.62. The molecule has 1 aromatic carbocycles. The van der Waals surface area contributed by atoms with Crippen molar-refractivity contribution in [3.8, 4) is 23.8 Å². The number of benzene rings is 1. The molecule has 2 aromatic heterocycles. The zero-order valence-electron chi connectivity index (χ0n) is 14.2. The number of hydrogen-bond donors (Lipinski definition) is 2. The highest BCUT2D eigenvalue weighted by atomic mass is 16.4. The molecule has 1 aliphatic carbocycles. The number of nitrogens with one attached hydrogen (secondary N) is 1. The third-order valence-electron chi connectivity index (χ3n) is 4.31. The van der Waals surface area contributed by atoms with E-state index in [1.165, 1.54) is 11.1 Å². The van der Waals surface area contributed by atoms with Crippen LogP contribution in [0.2, 0.25) is 0 Å². The van der Waals surface area contributed by atoms with E-state index in [2.05, 4.69) is 37.5 Å². The van der Waals surface area contributed by atoms with Gasteiger partial charge in [-0.15, -0.1) is 16.6 Å². The summed E-state index contributed by atoms with van der Waals surface area (Å²) in [4.78, 5) is 19.2. The van der Waals surface area contributed by atoms with Crippen LogP contribution in [0.15, 0.2) is 35.0 Å². The Balaban J connectivity index is 1.42. The zero-order chi connectivity index (χ0) is 18.8. The van der Waals surface area contributed by atoms with Crippen LogP contribution in [0.5, 0.6) is 0 Å². The van der Waals surface area contributed by atoms with E-state index in [0.717, 1.165) is 18.4 Å². The molecule has 1 atom stereocenters. The van der Waals surface area contributed by atoms with Crippen LogP contribution >= 0.6 is 0 Å². The summed E-state index contributed by atoms with van der Waals surface area (Å²) in [5, 5.41) is 19.6. The average molecular weight is 361 g/mol. The summed E-state index contributed by atoms with van der Waals surface area (Å²) in [7, 11) is 0. The number of anilines is 1. The summed E-state index contributed by atoms with van der Waals surface area (Å²) < 4.78 is 5.30. The first-order valence-corrected chi connectivity index (χ1v) is 8.32. The molecule has 3 aromatic rings. The van der Waals surface area contributed by atoms with Gasteiger partial charge in [0.2, 0.25) is 11.8 Å². The Bertz CT molecular complexity index is 1040. The van der Waals surface area contributed by atoms with Crippen LogP contribution in [0.3, 0.4) is 0 Å². The molecule has 4 rings (SSSR count). The van der Waals surface area contributed by atoms with E-state index in [1.807, 2.05) is 12.1 Å². The molecule has 0 aliphatic heterocycles. The summed E-state index contributed by atoms with van der Waals surface area (Å²) in [6.07, 6.45) is 10.00. The van der Waals surface area contributed by atoms with Gasteiger partial charge in [-0.05, 0) is 36.1 Å². The Hall–Kier alpha value is -3.73. The van der Waals surface area contributed by atoms with Gasteiger partial charge in [0, 0.05) is 24.0 Å². The first kappa shape index (κ1) is 16.7. The Morgan fingerprint density at radius 2 is 2.04 bits per heavy atom. The van der Waals surface area contributed by atoms with Crippen molar-refractivity contribution in [1.82, 2.24) is 20.2 Å². The Morgan fingerprint density at radius 1 is 1.26 bits per heavy atom. The van der Waals surface area contributed by atoms with Gasteiger partial charge in [0.1, 0.15) is 6.42 Å². The van der Waals surface area contributed by atoms with Crippen molar-refractivity contribution in [2.45, 2.75) is 25.3 Å². The highest BCUT2D eigenvalue weighted by Gasteiger charge is 2.22. The van der Waals surface area contributed by atoms with Gasteiger partial charge in [-0.1, -0.05) is 12.0 Å². The number of carboxylic acids is 1. The molecular formula is C19H15N5O3. The summed E-state index contributed by atoms with van der Waals surface area (Å²) in [5.74, 6) is 2.35. The lowest BCUT2D eigenvalue weighted by Crippen LogP contribution is -2.20. The minimum absolute atomic E-state index is 0.0368. The van der Waals surface area contributed by atoms with Gasteiger partial charge in [0.05, 0.1) is 5.56 Å². The molecule has 0 amide bonds. The number of carbonyl (C=O) groups is 1. The minimum atomic E-state index is -1.03. The van der Waals surface area contributed by atoms with E-state index in [9.17, 15) is 4.79 Å². The van der Waals surface area contributed by atoms with Crippen molar-refractivity contribution < 1.29 is 14.3 Å². The van der Waals surface area contributed by atoms with Gasteiger partial charge in [-0.3, -0.25) is 4.79 Å². The van der Waals surface area contributed by atoms with E-state index in [-0.39, 0.29) is 24.2 Å². The normalized spacial score (nSPS) is 15.1. The van der Waals surface area contributed by atoms with Crippen LogP contribution in [0, 0.1) is 12.3 Å². The molecular weight excluding hydrogens is 346 g/mol. The van der Waals surface area contributed by atoms with Gasteiger partial charge < -0.3 is 14.8 Å². The second-order valence-electron chi connectivity index (χ2n) is 6.24. The predicted octanol–water partition coefficient (Wildman–Crippen LogP) is 1.71. The van der Waals surface area contributed by atoms with Gasteiger partial charge >= 0.3 is 5.97 Å². The van der Waals surface area contributed by atoms with Gasteiger partial charge in [-0.2, -0.15) is 0 Å². The van der Waals surface area contributed by atoms with Crippen molar-refractivity contribution in [2.75, 3.05) is 5.32 Å². The first-order valence-electron chi connectivity index (χ1n) is 8.32. The number of aliphatic carboxylic acids is 1. The number of hydrogen-bond acceptors (Lipinski definition) is 7. The van der Waals surface area contributed by atoms with Crippen LogP contribution in [-0.4, -0.2) is 37.3 Å². The standard InChI is InChI=1S/C19H15N5O3/c1-2-11-3-4-12-6-15(7-13(12)5-11)22-19-20-9-14(10-21-19)18-24-23-16(27-18)8-17(25)26/h1,3-5,9-10,15H,6-8H2,(H,25,26)(H,20,21,22). The van der Waals surface area contributed by atoms with Crippen LogP contribution in [0.4, 0.5) is 5.95 Å². The van der Waals surface area contributed by atoms with E-state index < -0.39 is 5.97 Å². The average Bonchev–Trinajstić information content (AvgIpc) is 3.27. The maximum Gasteiger partial charge on any atom is 0.312 e. The highest BCUT2D eigenvalue weighted by Crippen LogP contribution is 2.25. The molecule has 2 heterocycles. The van der Waals surface area contributed by atoms with E-state index in [4.69, 9.17) is 15.9 Å². The van der Waals surface area contributed by atoms with Crippen LogP contribution in [0.1, 0.15) is 22.6 Å². The molecule has 0 spiro atoms. The Morgan fingerprint density at radius 3 is 2.78 bits per heavy atom. The summed E-state index contributed by atoms with van der Waals surface area (Å²) in [5.41, 5.74) is 3.94. The Labute approximate surface area is 154 Å². The lowest BCUT2D eigenvalue weighted by atomic mass is 10.1. The molecule has 134 valence electrons. The summed E-state index contributed by atoms with van der Waals surface area (Å²) in [6, 6.07) is 6.27. The fourth-order valence-corrected chi connectivity index (χ4v) is 3.08. The van der Waals surface area contributed by atoms with Crippen molar-refractivity contribution in [2.24, 2.45) is 0 Å². The molecule has 2 N–H and O–H groups in total. The van der Waals surface area contributed by atoms with E-state index >= 15 is 0 Å². The lowest BCUT2D eigenvalue weighted by Gasteiger charge is -2.11. The lowest BCUT2D eigenvalue weighted by molar-refractivity contribution is -0.136. The second kappa shape index (κ2) is 6.88. The SMILES string of the molecule is C#Cc1ccc2c(c1)CC(Nc1ncc(-c3nnc(CC(=O)O)o3)cn1)C2. The van der Waals surface area contributed by atoms with Crippen LogP contribution in [-0.2, 0) is 24.1 Å². The molecule has 0 bridgehead atoms. The van der Waals surface area contributed by atoms with Crippen LogP contribution in [0.25, 0.3) is 11.5 Å². The molecule has 0 fully saturated rings. The number of carboxylic acid groups (broad SMARTS) is 1. The van der Waals surface area contributed by atoms with Gasteiger partial charge in [0.25, 0.3) is 5.89 Å². The summed E-state index contributed by atoms with van der Waals surface area (Å²) in [6.45, 7) is 0.